The average Bonchev–Trinajstić information content (AvgIpc) is 2.26. The van der Waals surface area contributed by atoms with Crippen LogP contribution >= 0.6 is 0 Å². The zero-order valence-electron chi connectivity index (χ0n) is 9.41. The first-order valence-corrected chi connectivity index (χ1v) is 5.09. The van der Waals surface area contributed by atoms with Crippen LogP contribution in [0.3, 0.4) is 0 Å². The molecule has 0 fully saturated rings. The lowest BCUT2D eigenvalue weighted by molar-refractivity contribution is 0.0644. The van der Waals surface area contributed by atoms with E-state index in [1.807, 2.05) is 0 Å². The van der Waals surface area contributed by atoms with Gasteiger partial charge in [0.25, 0.3) is 0 Å². The number of ether oxygens (including phenoxy) is 1. The highest BCUT2D eigenvalue weighted by Gasteiger charge is 2.09. The maximum Gasteiger partial charge on any atom is 0.187 e. The summed E-state index contributed by atoms with van der Waals surface area (Å²) < 4.78 is 30.6. The first kappa shape index (κ1) is 13.8. The Labute approximate surface area is 97.8 Å². The zero-order valence-corrected chi connectivity index (χ0v) is 9.41. The molecule has 0 saturated carbocycles. The number of rotatable bonds is 6. The predicted molar refractivity (Wildman–Crippen MR) is 57.6 cm³/mol. The number of hydrogen-bond donors (Lipinski definition) is 3. The Balaban J connectivity index is 2.47. The van der Waals surface area contributed by atoms with Crippen LogP contribution in [0.1, 0.15) is 5.56 Å². The summed E-state index contributed by atoms with van der Waals surface area (Å²) in [6.07, 6.45) is -0.674. The third-order valence-electron chi connectivity index (χ3n) is 2.14. The Kier molecular flexibility index (Phi) is 5.27. The van der Waals surface area contributed by atoms with Gasteiger partial charge in [0.05, 0.1) is 12.7 Å². The van der Waals surface area contributed by atoms with E-state index in [9.17, 15) is 13.9 Å². The summed E-state index contributed by atoms with van der Waals surface area (Å²) in [5, 5.41) is 21.0. The highest BCUT2D eigenvalue weighted by atomic mass is 19.1. The van der Waals surface area contributed by atoms with E-state index in [1.165, 1.54) is 7.11 Å². The smallest absolute Gasteiger partial charge is 0.187 e. The maximum atomic E-state index is 13.0. The van der Waals surface area contributed by atoms with Crippen molar-refractivity contribution in [1.82, 2.24) is 5.32 Å². The number of aromatic hydroxyl groups is 1. The lowest BCUT2D eigenvalue weighted by Gasteiger charge is -2.11. The molecule has 4 nitrogen and oxygen atoms in total. The van der Waals surface area contributed by atoms with E-state index in [2.05, 4.69) is 5.32 Å². The lowest BCUT2D eigenvalue weighted by atomic mass is 10.2. The van der Waals surface area contributed by atoms with E-state index in [1.54, 1.807) is 0 Å². The molecule has 0 aromatic heterocycles. The minimum atomic E-state index is -1.00. The number of aliphatic hydroxyl groups is 1. The number of hydrogen-bond acceptors (Lipinski definition) is 4. The fourth-order valence-electron chi connectivity index (χ4n) is 1.35. The van der Waals surface area contributed by atoms with Gasteiger partial charge in [-0.25, -0.2) is 8.78 Å². The molecule has 96 valence electrons. The van der Waals surface area contributed by atoms with Crippen LogP contribution in [0.25, 0.3) is 0 Å². The maximum absolute atomic E-state index is 13.0. The van der Waals surface area contributed by atoms with Crippen molar-refractivity contribution in [3.63, 3.8) is 0 Å². The van der Waals surface area contributed by atoms with E-state index in [0.29, 0.717) is 5.56 Å². The molecular weight excluding hydrogens is 232 g/mol. The molecular formula is C11H15F2NO3. The molecule has 1 aromatic rings. The number of phenols is 1. The molecule has 0 aliphatic rings. The molecule has 0 radical (unpaired) electrons. The van der Waals surface area contributed by atoms with E-state index >= 15 is 0 Å². The van der Waals surface area contributed by atoms with E-state index in [-0.39, 0.29) is 19.7 Å². The summed E-state index contributed by atoms with van der Waals surface area (Å²) in [7, 11) is 1.47. The van der Waals surface area contributed by atoms with Crippen molar-refractivity contribution in [2.24, 2.45) is 0 Å². The molecule has 0 heterocycles. The standard InChI is InChI=1S/C11H15F2NO3/c1-17-6-8(15)5-14-4-7-2-9(12)11(16)10(13)3-7/h2-3,8,14-16H,4-6H2,1H3. The monoisotopic (exact) mass is 247 g/mol. The molecule has 0 bridgehead atoms. The summed E-state index contributed by atoms with van der Waals surface area (Å²) in [6, 6.07) is 2.07. The van der Waals surface area contributed by atoms with Crippen LogP contribution in [0.2, 0.25) is 0 Å². The fourth-order valence-corrected chi connectivity index (χ4v) is 1.35. The molecule has 0 saturated heterocycles. The Morgan fingerprint density at radius 2 is 1.94 bits per heavy atom. The van der Waals surface area contributed by atoms with Gasteiger partial charge in [-0.3, -0.25) is 0 Å². The number of benzene rings is 1. The first-order chi connectivity index (χ1) is 8.04. The summed E-state index contributed by atoms with van der Waals surface area (Å²) in [5.41, 5.74) is 0.349. The van der Waals surface area contributed by atoms with Crippen LogP contribution in [0.4, 0.5) is 8.78 Å². The van der Waals surface area contributed by atoms with Gasteiger partial charge < -0.3 is 20.3 Å². The molecule has 0 spiro atoms. The van der Waals surface area contributed by atoms with Gasteiger partial charge in [-0.1, -0.05) is 0 Å². The molecule has 3 N–H and O–H groups in total. The van der Waals surface area contributed by atoms with Crippen LogP contribution in [-0.4, -0.2) is 36.6 Å². The second-order valence-electron chi connectivity index (χ2n) is 3.65. The van der Waals surface area contributed by atoms with Crippen molar-refractivity contribution in [2.45, 2.75) is 12.6 Å². The van der Waals surface area contributed by atoms with Crippen molar-refractivity contribution < 1.29 is 23.7 Å². The normalized spacial score (nSPS) is 12.7. The molecule has 0 aliphatic heterocycles. The van der Waals surface area contributed by atoms with Crippen LogP contribution in [-0.2, 0) is 11.3 Å². The van der Waals surface area contributed by atoms with E-state index < -0.39 is 23.5 Å². The first-order valence-electron chi connectivity index (χ1n) is 5.09. The SMILES string of the molecule is COCC(O)CNCc1cc(F)c(O)c(F)c1. The largest absolute Gasteiger partial charge is 0.503 e. The summed E-state index contributed by atoms with van der Waals surface area (Å²) >= 11 is 0. The van der Waals surface area contributed by atoms with Crippen LogP contribution in [0.15, 0.2) is 12.1 Å². The Bertz CT molecular complexity index is 351. The van der Waals surface area contributed by atoms with Crippen LogP contribution in [0.5, 0.6) is 5.75 Å². The number of methoxy groups -OCH3 is 1. The fraction of sp³-hybridized carbons (Fsp3) is 0.455. The van der Waals surface area contributed by atoms with Gasteiger partial charge in [-0.05, 0) is 17.7 Å². The third-order valence-corrected chi connectivity index (χ3v) is 2.14. The highest BCUT2D eigenvalue weighted by Crippen LogP contribution is 2.21. The Morgan fingerprint density at radius 1 is 1.35 bits per heavy atom. The van der Waals surface area contributed by atoms with Gasteiger partial charge in [0.1, 0.15) is 0 Å². The van der Waals surface area contributed by atoms with Crippen LogP contribution in [0, 0.1) is 11.6 Å². The number of nitrogens with one attached hydrogen (secondary N) is 1. The zero-order chi connectivity index (χ0) is 12.8. The number of halogens is 2. The number of aliphatic hydroxyl groups excluding tert-OH is 1. The van der Waals surface area contributed by atoms with E-state index in [0.717, 1.165) is 12.1 Å². The minimum Gasteiger partial charge on any atom is -0.503 e. The van der Waals surface area contributed by atoms with Crippen molar-refractivity contribution in [3.8, 4) is 5.75 Å². The van der Waals surface area contributed by atoms with E-state index in [4.69, 9.17) is 9.84 Å². The molecule has 6 heteroatoms. The second-order valence-corrected chi connectivity index (χ2v) is 3.65. The second kappa shape index (κ2) is 6.48. The van der Waals surface area contributed by atoms with Crippen molar-refractivity contribution in [1.29, 1.82) is 0 Å². The van der Waals surface area contributed by atoms with Crippen molar-refractivity contribution in [2.75, 3.05) is 20.3 Å². The topological polar surface area (TPSA) is 61.7 Å². The van der Waals surface area contributed by atoms with Gasteiger partial charge in [0.2, 0.25) is 0 Å². The summed E-state index contributed by atoms with van der Waals surface area (Å²) in [6.45, 7) is 0.623. The summed E-state index contributed by atoms with van der Waals surface area (Å²) in [4.78, 5) is 0. The van der Waals surface area contributed by atoms with Crippen molar-refractivity contribution in [3.05, 3.63) is 29.3 Å². The minimum absolute atomic E-state index is 0.186. The third kappa shape index (κ3) is 4.26. The molecule has 0 amide bonds. The predicted octanol–water partition coefficient (Wildman–Crippen LogP) is 0.767. The molecule has 0 aliphatic carbocycles. The lowest BCUT2D eigenvalue weighted by Crippen LogP contribution is -2.29. The average molecular weight is 247 g/mol. The van der Waals surface area contributed by atoms with Gasteiger partial charge in [-0.15, -0.1) is 0 Å². The van der Waals surface area contributed by atoms with Gasteiger partial charge in [0.15, 0.2) is 17.4 Å². The van der Waals surface area contributed by atoms with Gasteiger partial charge in [0, 0.05) is 20.2 Å². The van der Waals surface area contributed by atoms with Crippen LogP contribution < -0.4 is 5.32 Å². The molecule has 1 aromatic carbocycles. The number of phenolic OH excluding ortho intramolecular Hbond substituents is 1. The molecule has 1 atom stereocenters. The summed E-state index contributed by atoms with van der Waals surface area (Å²) in [5.74, 6) is -2.98. The highest BCUT2D eigenvalue weighted by molar-refractivity contribution is 5.29. The van der Waals surface area contributed by atoms with Crippen molar-refractivity contribution >= 4 is 0 Å². The van der Waals surface area contributed by atoms with Gasteiger partial charge >= 0.3 is 0 Å². The Hall–Kier alpha value is -1.24. The Morgan fingerprint density at radius 3 is 2.47 bits per heavy atom. The molecule has 1 unspecified atom stereocenters. The molecule has 1 rings (SSSR count). The molecule has 17 heavy (non-hydrogen) atoms. The van der Waals surface area contributed by atoms with Gasteiger partial charge in [-0.2, -0.15) is 0 Å². The quantitative estimate of drug-likeness (QED) is 0.694.